The number of amides is 1. The van der Waals surface area contributed by atoms with Gasteiger partial charge in [0.2, 0.25) is 0 Å². The van der Waals surface area contributed by atoms with Crippen LogP contribution in [0.25, 0.3) is 0 Å². The van der Waals surface area contributed by atoms with Gasteiger partial charge in [-0.15, -0.1) is 11.3 Å². The normalized spacial score (nSPS) is 15.5. The Bertz CT molecular complexity index is 1330. The molecule has 0 bridgehead atoms. The lowest BCUT2D eigenvalue weighted by Crippen LogP contribution is -2.31. The minimum atomic E-state index is -0.678. The van der Waals surface area contributed by atoms with E-state index < -0.39 is 5.92 Å². The zero-order valence-corrected chi connectivity index (χ0v) is 20.6. The van der Waals surface area contributed by atoms with Crippen molar-refractivity contribution in [1.82, 2.24) is 5.32 Å². The van der Waals surface area contributed by atoms with Gasteiger partial charge in [-0.2, -0.15) is 5.26 Å². The van der Waals surface area contributed by atoms with Gasteiger partial charge >= 0.3 is 0 Å². The minimum absolute atomic E-state index is 0.0184. The molecule has 0 saturated carbocycles. The number of carbonyl (C=O) groups is 2. The SMILES string of the molecule is CC1=C(C(=O)Nc2ccccc2)[C@@H](c2ccccc2Cl)C(C#N)=C(SCC(=O)c2cccs2)N1. The highest BCUT2D eigenvalue weighted by Crippen LogP contribution is 2.43. The molecule has 0 saturated heterocycles. The van der Waals surface area contributed by atoms with Gasteiger partial charge in [0.05, 0.1) is 33.2 Å². The molecular formula is C26H20ClN3O2S2. The number of hydrogen-bond donors (Lipinski definition) is 2. The fourth-order valence-electron chi connectivity index (χ4n) is 3.71. The molecule has 0 fully saturated rings. The number of ketones is 1. The predicted octanol–water partition coefficient (Wildman–Crippen LogP) is 6.35. The van der Waals surface area contributed by atoms with Crippen LogP contribution < -0.4 is 10.6 Å². The summed E-state index contributed by atoms with van der Waals surface area (Å²) in [4.78, 5) is 26.7. The molecule has 1 amide bonds. The number of allylic oxidation sites excluding steroid dienone is 2. The number of hydrogen-bond acceptors (Lipinski definition) is 6. The van der Waals surface area contributed by atoms with Crippen LogP contribution in [-0.4, -0.2) is 17.4 Å². The molecule has 2 heterocycles. The smallest absolute Gasteiger partial charge is 0.254 e. The van der Waals surface area contributed by atoms with Gasteiger partial charge in [0, 0.05) is 22.0 Å². The number of nitriles is 1. The van der Waals surface area contributed by atoms with Gasteiger partial charge in [0.15, 0.2) is 5.78 Å². The van der Waals surface area contributed by atoms with E-state index in [1.165, 1.54) is 23.1 Å². The lowest BCUT2D eigenvalue weighted by Gasteiger charge is -2.30. The Kier molecular flexibility index (Phi) is 7.53. The molecule has 1 aliphatic heterocycles. The minimum Gasteiger partial charge on any atom is -0.353 e. The van der Waals surface area contributed by atoms with Crippen molar-refractivity contribution in [2.24, 2.45) is 0 Å². The quantitative estimate of drug-likeness (QED) is 0.365. The maximum absolute atomic E-state index is 13.4. The largest absolute Gasteiger partial charge is 0.353 e. The topological polar surface area (TPSA) is 82.0 Å². The van der Waals surface area contributed by atoms with Gasteiger partial charge in [0.25, 0.3) is 5.91 Å². The first-order chi connectivity index (χ1) is 16.5. The molecule has 0 aliphatic carbocycles. The first-order valence-electron chi connectivity index (χ1n) is 10.4. The fraction of sp³-hybridized carbons (Fsp3) is 0.115. The standard InChI is InChI=1S/C26H20ClN3O2S2/c1-16-23(25(32)30-17-8-3-2-4-9-17)24(18-10-5-6-11-20(18)27)19(14-28)26(29-16)34-15-21(31)22-12-7-13-33-22/h2-13,24,29H,15H2,1H3,(H,30,32)/t24-/m0/s1. The third-order valence-electron chi connectivity index (χ3n) is 5.28. The van der Waals surface area contributed by atoms with E-state index in [0.29, 0.717) is 43.0 Å². The highest BCUT2D eigenvalue weighted by Gasteiger charge is 2.36. The molecule has 1 aromatic heterocycles. The van der Waals surface area contributed by atoms with Crippen LogP contribution in [0.4, 0.5) is 5.69 Å². The highest BCUT2D eigenvalue weighted by atomic mass is 35.5. The van der Waals surface area contributed by atoms with Crippen molar-refractivity contribution in [3.8, 4) is 6.07 Å². The number of thiophene rings is 1. The molecule has 3 aromatic rings. The van der Waals surface area contributed by atoms with Crippen LogP contribution in [0.15, 0.2) is 94.0 Å². The van der Waals surface area contributed by atoms with Crippen LogP contribution in [-0.2, 0) is 4.79 Å². The number of para-hydroxylation sites is 1. The summed E-state index contributed by atoms with van der Waals surface area (Å²) in [6.45, 7) is 1.79. The van der Waals surface area contributed by atoms with Gasteiger partial charge in [-0.25, -0.2) is 0 Å². The summed E-state index contributed by atoms with van der Waals surface area (Å²) in [5.74, 6) is -0.854. The van der Waals surface area contributed by atoms with Crippen LogP contribution in [0, 0.1) is 11.3 Å². The molecule has 2 aromatic carbocycles. The summed E-state index contributed by atoms with van der Waals surface area (Å²) < 4.78 is 0. The van der Waals surface area contributed by atoms with Gasteiger partial charge < -0.3 is 10.6 Å². The van der Waals surface area contributed by atoms with E-state index in [1.54, 1.807) is 37.3 Å². The van der Waals surface area contributed by atoms with Crippen molar-refractivity contribution < 1.29 is 9.59 Å². The first kappa shape index (κ1) is 23.8. The van der Waals surface area contributed by atoms with Crippen LogP contribution in [0.5, 0.6) is 0 Å². The zero-order valence-electron chi connectivity index (χ0n) is 18.2. The van der Waals surface area contributed by atoms with E-state index in [9.17, 15) is 14.9 Å². The molecule has 34 heavy (non-hydrogen) atoms. The Balaban J connectivity index is 1.72. The van der Waals surface area contributed by atoms with E-state index >= 15 is 0 Å². The Morgan fingerprint density at radius 1 is 1.12 bits per heavy atom. The number of dihydropyridines is 1. The van der Waals surface area contributed by atoms with Crippen molar-refractivity contribution in [2.45, 2.75) is 12.8 Å². The fourth-order valence-corrected chi connectivity index (χ4v) is 5.69. The van der Waals surface area contributed by atoms with Crippen molar-refractivity contribution in [2.75, 3.05) is 11.1 Å². The molecular weight excluding hydrogens is 486 g/mol. The number of Topliss-reactive ketones (excluding diaryl/α,β-unsaturated/α-hetero) is 1. The average molecular weight is 506 g/mol. The monoisotopic (exact) mass is 505 g/mol. The molecule has 170 valence electrons. The number of carbonyl (C=O) groups excluding carboxylic acids is 2. The number of anilines is 1. The van der Waals surface area contributed by atoms with Crippen molar-refractivity contribution in [1.29, 1.82) is 5.26 Å². The lowest BCUT2D eigenvalue weighted by molar-refractivity contribution is -0.113. The summed E-state index contributed by atoms with van der Waals surface area (Å²) in [5, 5.41) is 19.1. The number of benzene rings is 2. The maximum atomic E-state index is 13.4. The first-order valence-corrected chi connectivity index (χ1v) is 12.7. The van der Waals surface area contributed by atoms with Gasteiger partial charge in [-0.1, -0.05) is 65.8 Å². The van der Waals surface area contributed by atoms with E-state index in [1.807, 2.05) is 41.8 Å². The van der Waals surface area contributed by atoms with Crippen molar-refractivity contribution in [3.05, 3.63) is 109 Å². The Labute approximate surface area is 211 Å². The van der Waals surface area contributed by atoms with E-state index in [4.69, 9.17) is 11.6 Å². The summed E-state index contributed by atoms with van der Waals surface area (Å²) in [7, 11) is 0. The molecule has 8 heteroatoms. The second-order valence-electron chi connectivity index (χ2n) is 7.48. The number of thioether (sulfide) groups is 1. The third kappa shape index (κ3) is 5.10. The lowest BCUT2D eigenvalue weighted by atomic mass is 9.82. The molecule has 4 rings (SSSR count). The van der Waals surface area contributed by atoms with Gasteiger partial charge in [0.1, 0.15) is 0 Å². The molecule has 0 unspecified atom stereocenters. The number of nitrogens with zero attached hydrogens (tertiary/aromatic N) is 1. The molecule has 0 radical (unpaired) electrons. The third-order valence-corrected chi connectivity index (χ3v) is 7.56. The molecule has 0 spiro atoms. The summed E-state index contributed by atoms with van der Waals surface area (Å²) in [6.07, 6.45) is 0. The van der Waals surface area contributed by atoms with Crippen molar-refractivity contribution >= 4 is 52.1 Å². The zero-order chi connectivity index (χ0) is 24.1. The van der Waals surface area contributed by atoms with E-state index in [0.717, 1.165) is 0 Å². The molecule has 2 N–H and O–H groups in total. The van der Waals surface area contributed by atoms with Crippen molar-refractivity contribution in [3.63, 3.8) is 0 Å². The van der Waals surface area contributed by atoms with Crippen LogP contribution in [0.3, 0.4) is 0 Å². The van der Waals surface area contributed by atoms with E-state index in [2.05, 4.69) is 16.7 Å². The van der Waals surface area contributed by atoms with Crippen LogP contribution in [0.1, 0.15) is 28.1 Å². The Morgan fingerprint density at radius 2 is 1.85 bits per heavy atom. The average Bonchev–Trinajstić information content (AvgIpc) is 3.38. The Morgan fingerprint density at radius 3 is 2.53 bits per heavy atom. The predicted molar refractivity (Wildman–Crippen MR) is 139 cm³/mol. The van der Waals surface area contributed by atoms with Crippen LogP contribution in [0.2, 0.25) is 5.02 Å². The summed E-state index contributed by atoms with van der Waals surface area (Å²) >= 11 is 9.18. The van der Waals surface area contributed by atoms with Gasteiger partial charge in [-0.3, -0.25) is 9.59 Å². The number of rotatable bonds is 7. The summed E-state index contributed by atoms with van der Waals surface area (Å²) in [5.41, 5.74) is 2.66. The highest BCUT2D eigenvalue weighted by molar-refractivity contribution is 8.03. The second-order valence-corrected chi connectivity index (χ2v) is 9.82. The number of halogens is 1. The molecule has 1 aliphatic rings. The Hall–Kier alpha value is -3.31. The van der Waals surface area contributed by atoms with Gasteiger partial charge in [-0.05, 0) is 42.1 Å². The second kappa shape index (κ2) is 10.7. The maximum Gasteiger partial charge on any atom is 0.254 e. The molecule has 5 nitrogen and oxygen atoms in total. The molecule has 1 atom stereocenters. The van der Waals surface area contributed by atoms with E-state index in [-0.39, 0.29) is 17.4 Å². The van der Waals surface area contributed by atoms with Crippen LogP contribution >= 0.6 is 34.7 Å². The summed E-state index contributed by atoms with van der Waals surface area (Å²) in [6, 6.07) is 22.2. The number of nitrogens with one attached hydrogen (secondary N) is 2.